The van der Waals surface area contributed by atoms with E-state index < -0.39 is 0 Å². The molecule has 0 saturated carbocycles. The number of rotatable bonds is 6. The zero-order chi connectivity index (χ0) is 11.0. The number of halogens is 1. The van der Waals surface area contributed by atoms with Crippen molar-refractivity contribution in [2.24, 2.45) is 0 Å². The van der Waals surface area contributed by atoms with E-state index in [0.717, 1.165) is 18.7 Å². The van der Waals surface area contributed by atoms with Crippen LogP contribution in [0.3, 0.4) is 0 Å². The molecule has 3 nitrogen and oxygen atoms in total. The van der Waals surface area contributed by atoms with Crippen LogP contribution in [0.2, 0.25) is 0 Å². The van der Waals surface area contributed by atoms with Gasteiger partial charge in [-0.1, -0.05) is 11.6 Å². The fourth-order valence-corrected chi connectivity index (χ4v) is 1.17. The maximum absolute atomic E-state index is 11.5. The van der Waals surface area contributed by atoms with Gasteiger partial charge in [-0.3, -0.25) is 4.79 Å². The van der Waals surface area contributed by atoms with Gasteiger partial charge in [-0.15, -0.1) is 0 Å². The lowest BCUT2D eigenvalue weighted by molar-refractivity contribution is -0.129. The molecule has 82 valence electrons. The van der Waals surface area contributed by atoms with Crippen molar-refractivity contribution in [1.82, 2.24) is 10.2 Å². The zero-order valence-corrected chi connectivity index (χ0v) is 9.90. The highest BCUT2D eigenvalue weighted by atomic mass is 35.5. The highest BCUT2D eigenvalue weighted by Gasteiger charge is 2.07. The number of nitrogens with one attached hydrogen (secondary N) is 1. The molecule has 0 saturated heterocycles. The molecule has 0 aliphatic heterocycles. The van der Waals surface area contributed by atoms with Crippen LogP contribution in [0.25, 0.3) is 0 Å². The average Bonchev–Trinajstić information content (AvgIpc) is 2.19. The summed E-state index contributed by atoms with van der Waals surface area (Å²) in [5.41, 5.74) is 2.55. The van der Waals surface area contributed by atoms with E-state index in [1.54, 1.807) is 4.90 Å². The Labute approximate surface area is 91.1 Å². The van der Waals surface area contributed by atoms with Gasteiger partial charge in [0.15, 0.2) is 0 Å². The second-order valence-electron chi connectivity index (χ2n) is 3.13. The molecule has 0 fully saturated rings. The molecular weight excluding hydrogens is 200 g/mol. The summed E-state index contributed by atoms with van der Waals surface area (Å²) in [5.74, 6) is 0.136. The molecule has 0 aliphatic carbocycles. The van der Waals surface area contributed by atoms with Crippen LogP contribution in [-0.4, -0.2) is 37.0 Å². The Morgan fingerprint density at radius 1 is 1.36 bits per heavy atom. The van der Waals surface area contributed by atoms with Crippen LogP contribution in [-0.2, 0) is 4.79 Å². The van der Waals surface area contributed by atoms with Gasteiger partial charge in [0.2, 0.25) is 5.91 Å². The molecule has 0 aliphatic rings. The largest absolute Gasteiger partial charge is 0.342 e. The normalized spacial score (nSPS) is 11.6. The fraction of sp³-hybridized carbons (Fsp3) is 0.700. The molecule has 0 spiro atoms. The maximum atomic E-state index is 11.5. The van der Waals surface area contributed by atoms with Crippen LogP contribution in [0.4, 0.5) is 0 Å². The smallest absolute Gasteiger partial charge is 0.236 e. The predicted molar refractivity (Wildman–Crippen MR) is 60.4 cm³/mol. The van der Waals surface area contributed by atoms with Crippen molar-refractivity contribution >= 4 is 17.5 Å². The van der Waals surface area contributed by atoms with E-state index in [1.807, 2.05) is 20.8 Å². The van der Waals surface area contributed by atoms with Gasteiger partial charge in [-0.05, 0) is 26.3 Å². The minimum absolute atomic E-state index is 0.136. The van der Waals surface area contributed by atoms with Gasteiger partial charge in [-0.25, -0.2) is 0 Å². The van der Waals surface area contributed by atoms with Gasteiger partial charge in [0.25, 0.3) is 0 Å². The lowest BCUT2D eigenvalue weighted by atomic mass is 10.3. The van der Waals surface area contributed by atoms with E-state index >= 15 is 0 Å². The molecule has 0 heterocycles. The molecule has 1 amide bonds. The van der Waals surface area contributed by atoms with Crippen LogP contribution < -0.4 is 5.32 Å². The van der Waals surface area contributed by atoms with Gasteiger partial charge in [0.1, 0.15) is 0 Å². The summed E-state index contributed by atoms with van der Waals surface area (Å²) >= 11 is 5.49. The van der Waals surface area contributed by atoms with Crippen LogP contribution in [0.5, 0.6) is 0 Å². The van der Waals surface area contributed by atoms with Crippen LogP contribution in [0, 0.1) is 0 Å². The van der Waals surface area contributed by atoms with Gasteiger partial charge in [0.05, 0.1) is 6.54 Å². The van der Waals surface area contributed by atoms with Gasteiger partial charge < -0.3 is 10.2 Å². The van der Waals surface area contributed by atoms with E-state index in [2.05, 4.69) is 5.32 Å². The van der Waals surface area contributed by atoms with Crippen molar-refractivity contribution in [3.05, 3.63) is 11.1 Å². The third kappa shape index (κ3) is 5.25. The first-order valence-corrected chi connectivity index (χ1v) is 5.33. The molecule has 0 atom stereocenters. The van der Waals surface area contributed by atoms with Crippen molar-refractivity contribution in [3.63, 3.8) is 0 Å². The molecule has 1 N–H and O–H groups in total. The first kappa shape index (κ1) is 13.5. The topological polar surface area (TPSA) is 32.3 Å². The summed E-state index contributed by atoms with van der Waals surface area (Å²) in [6.07, 6.45) is 0. The van der Waals surface area contributed by atoms with E-state index in [-0.39, 0.29) is 5.91 Å². The Balaban J connectivity index is 3.73. The van der Waals surface area contributed by atoms with Crippen molar-refractivity contribution in [2.45, 2.75) is 20.8 Å². The molecule has 0 aromatic carbocycles. The molecule has 0 radical (unpaired) electrons. The summed E-state index contributed by atoms with van der Waals surface area (Å²) in [7, 11) is 0. The Hall–Kier alpha value is -0.540. The second kappa shape index (κ2) is 7.83. The average molecular weight is 219 g/mol. The summed E-state index contributed by atoms with van der Waals surface area (Å²) in [4.78, 5) is 13.3. The first-order chi connectivity index (χ1) is 6.65. The summed E-state index contributed by atoms with van der Waals surface area (Å²) in [6, 6.07) is 0. The number of hydrogen-bond donors (Lipinski definition) is 1. The molecule has 4 heteroatoms. The summed E-state index contributed by atoms with van der Waals surface area (Å²) in [6.45, 7) is 8.45. The Morgan fingerprint density at radius 2 is 1.93 bits per heavy atom. The standard InChI is InChI=1S/C10H19ClN2O/c1-4-13(5-2)10(14)8-12-7-9(3)6-11/h6,12H,4-5,7-8H2,1-3H3. The lowest BCUT2D eigenvalue weighted by Crippen LogP contribution is -2.38. The molecule has 0 rings (SSSR count). The highest BCUT2D eigenvalue weighted by molar-refractivity contribution is 6.25. The Morgan fingerprint density at radius 3 is 2.36 bits per heavy atom. The van der Waals surface area contributed by atoms with E-state index in [4.69, 9.17) is 11.6 Å². The Kier molecular flexibility index (Phi) is 7.52. The van der Waals surface area contributed by atoms with Crippen molar-refractivity contribution in [2.75, 3.05) is 26.2 Å². The monoisotopic (exact) mass is 218 g/mol. The van der Waals surface area contributed by atoms with E-state index in [0.29, 0.717) is 13.1 Å². The number of likely N-dealkylation sites (N-methyl/N-ethyl adjacent to an activating group) is 1. The minimum Gasteiger partial charge on any atom is -0.342 e. The third-order valence-electron chi connectivity index (χ3n) is 1.98. The minimum atomic E-state index is 0.136. The van der Waals surface area contributed by atoms with Crippen LogP contribution in [0.1, 0.15) is 20.8 Å². The van der Waals surface area contributed by atoms with Crippen LogP contribution >= 0.6 is 11.6 Å². The van der Waals surface area contributed by atoms with Crippen molar-refractivity contribution in [1.29, 1.82) is 0 Å². The maximum Gasteiger partial charge on any atom is 0.236 e. The highest BCUT2D eigenvalue weighted by Crippen LogP contribution is 1.92. The van der Waals surface area contributed by atoms with E-state index in [9.17, 15) is 4.79 Å². The fourth-order valence-electron chi connectivity index (χ4n) is 1.09. The number of amides is 1. The number of hydrogen-bond acceptors (Lipinski definition) is 2. The molecule has 0 unspecified atom stereocenters. The molecule has 0 bridgehead atoms. The van der Waals surface area contributed by atoms with E-state index in [1.165, 1.54) is 5.54 Å². The lowest BCUT2D eigenvalue weighted by Gasteiger charge is -2.18. The van der Waals surface area contributed by atoms with Gasteiger partial charge in [-0.2, -0.15) is 0 Å². The number of carbonyl (C=O) groups is 1. The third-order valence-corrected chi connectivity index (χ3v) is 2.35. The van der Waals surface area contributed by atoms with Crippen molar-refractivity contribution in [3.8, 4) is 0 Å². The van der Waals surface area contributed by atoms with Crippen LogP contribution in [0.15, 0.2) is 11.1 Å². The summed E-state index contributed by atoms with van der Waals surface area (Å²) in [5, 5.41) is 3.04. The zero-order valence-electron chi connectivity index (χ0n) is 9.14. The summed E-state index contributed by atoms with van der Waals surface area (Å²) < 4.78 is 0. The number of carbonyl (C=O) groups excluding carboxylic acids is 1. The SMILES string of the molecule is CCN(CC)C(=O)CNCC(C)=CCl. The number of nitrogens with zero attached hydrogens (tertiary/aromatic N) is 1. The molecular formula is C10H19ClN2O. The second-order valence-corrected chi connectivity index (χ2v) is 3.34. The predicted octanol–water partition coefficient (Wildman–Crippen LogP) is 1.59. The Bertz CT molecular complexity index is 200. The van der Waals surface area contributed by atoms with Crippen molar-refractivity contribution < 1.29 is 4.79 Å². The quantitative estimate of drug-likeness (QED) is 0.735. The first-order valence-electron chi connectivity index (χ1n) is 4.90. The molecule has 0 aromatic rings. The molecule has 0 aromatic heterocycles. The van der Waals surface area contributed by atoms with Gasteiger partial charge in [0, 0.05) is 25.2 Å². The van der Waals surface area contributed by atoms with Gasteiger partial charge >= 0.3 is 0 Å². The molecule has 14 heavy (non-hydrogen) atoms.